The van der Waals surface area contributed by atoms with Gasteiger partial charge in [0.2, 0.25) is 10.0 Å². The summed E-state index contributed by atoms with van der Waals surface area (Å²) in [4.78, 5) is 0.248. The summed E-state index contributed by atoms with van der Waals surface area (Å²) in [6.07, 6.45) is 0.552. The summed E-state index contributed by atoms with van der Waals surface area (Å²) in [6.45, 7) is 4.13. The minimum Gasteiger partial charge on any atom is -0.494 e. The first-order valence-electron chi connectivity index (χ1n) is 6.21. The summed E-state index contributed by atoms with van der Waals surface area (Å²) in [5.74, 6) is 0.597. The van der Waals surface area contributed by atoms with Crippen molar-refractivity contribution in [3.8, 4) is 5.75 Å². The molecule has 0 heterocycles. The highest BCUT2D eigenvalue weighted by atomic mass is 32.2. The van der Waals surface area contributed by atoms with E-state index >= 15 is 0 Å². The number of aliphatic hydroxyl groups is 1. The molecule has 0 spiro atoms. The van der Waals surface area contributed by atoms with Crippen molar-refractivity contribution in [2.45, 2.75) is 31.2 Å². The lowest BCUT2D eigenvalue weighted by Crippen LogP contribution is -2.32. The molecule has 0 saturated carbocycles. The van der Waals surface area contributed by atoms with Gasteiger partial charge >= 0.3 is 0 Å². The zero-order chi connectivity index (χ0) is 14.5. The molecule has 0 fully saturated rings. The lowest BCUT2D eigenvalue weighted by atomic mass is 10.3. The van der Waals surface area contributed by atoms with E-state index in [2.05, 4.69) is 0 Å². The van der Waals surface area contributed by atoms with E-state index in [1.807, 2.05) is 13.8 Å². The van der Waals surface area contributed by atoms with Gasteiger partial charge in [0.25, 0.3) is 0 Å². The first-order chi connectivity index (χ1) is 8.89. The molecule has 19 heavy (non-hydrogen) atoms. The zero-order valence-electron chi connectivity index (χ0n) is 11.5. The lowest BCUT2D eigenvalue weighted by Gasteiger charge is -2.21. The first-order valence-corrected chi connectivity index (χ1v) is 7.65. The lowest BCUT2D eigenvalue weighted by molar-refractivity contribution is 0.233. The summed E-state index contributed by atoms with van der Waals surface area (Å²) in [7, 11) is -1.88. The molecule has 0 atom stereocenters. The average molecular weight is 287 g/mol. The van der Waals surface area contributed by atoms with E-state index in [4.69, 9.17) is 9.84 Å². The fraction of sp³-hybridized carbons (Fsp3) is 0.538. The summed E-state index contributed by atoms with van der Waals surface area (Å²) in [5.41, 5.74) is 0. The number of benzene rings is 1. The molecule has 0 aromatic heterocycles. The van der Waals surface area contributed by atoms with Crippen molar-refractivity contribution >= 4 is 10.0 Å². The van der Waals surface area contributed by atoms with Crippen molar-refractivity contribution in [3.05, 3.63) is 24.3 Å². The number of nitrogens with zero attached hydrogens (tertiary/aromatic N) is 1. The molecular weight excluding hydrogens is 266 g/mol. The third-order valence-electron chi connectivity index (χ3n) is 2.80. The second-order valence-electron chi connectivity index (χ2n) is 4.51. The Bertz CT molecular complexity index is 482. The van der Waals surface area contributed by atoms with E-state index in [9.17, 15) is 8.42 Å². The van der Waals surface area contributed by atoms with E-state index in [0.717, 1.165) is 0 Å². The number of hydrogen-bond acceptors (Lipinski definition) is 4. The second-order valence-corrected chi connectivity index (χ2v) is 6.51. The van der Waals surface area contributed by atoms with Gasteiger partial charge in [0, 0.05) is 26.1 Å². The Kier molecular flexibility index (Phi) is 5.78. The third-order valence-corrected chi connectivity index (χ3v) is 4.85. The van der Waals surface area contributed by atoms with E-state index in [-0.39, 0.29) is 17.5 Å². The zero-order valence-corrected chi connectivity index (χ0v) is 12.4. The van der Waals surface area contributed by atoms with Crippen LogP contribution in [-0.4, -0.2) is 44.1 Å². The van der Waals surface area contributed by atoms with Crippen LogP contribution in [0.5, 0.6) is 5.75 Å². The van der Waals surface area contributed by atoms with Crippen LogP contribution in [0.1, 0.15) is 20.3 Å². The molecule has 6 heteroatoms. The van der Waals surface area contributed by atoms with E-state index in [0.29, 0.717) is 18.8 Å². The number of hydrogen-bond donors (Lipinski definition) is 1. The van der Waals surface area contributed by atoms with Crippen molar-refractivity contribution < 1.29 is 18.3 Å². The summed E-state index contributed by atoms with van der Waals surface area (Å²) in [5, 5.41) is 8.64. The normalized spacial score (nSPS) is 12.1. The van der Waals surface area contributed by atoms with Crippen LogP contribution >= 0.6 is 0 Å². The Morgan fingerprint density at radius 3 is 2.32 bits per heavy atom. The van der Waals surface area contributed by atoms with Gasteiger partial charge in [-0.2, -0.15) is 4.31 Å². The van der Waals surface area contributed by atoms with Gasteiger partial charge in [-0.3, -0.25) is 0 Å². The highest BCUT2D eigenvalue weighted by Gasteiger charge is 2.22. The maximum atomic E-state index is 12.2. The minimum absolute atomic E-state index is 0.0750. The number of sulfonamides is 1. The van der Waals surface area contributed by atoms with Gasteiger partial charge in [-0.1, -0.05) is 0 Å². The standard InChI is InChI=1S/C13H21NO4S/c1-11(2)14(3)19(16,17)13-7-5-12(6-8-13)18-10-4-9-15/h5-8,11,15H,4,9-10H2,1-3H3. The molecule has 0 saturated heterocycles. The largest absolute Gasteiger partial charge is 0.494 e. The van der Waals surface area contributed by atoms with Gasteiger partial charge in [-0.05, 0) is 38.1 Å². The molecule has 108 valence electrons. The maximum absolute atomic E-state index is 12.2. The first kappa shape index (κ1) is 15.9. The van der Waals surface area contributed by atoms with Crippen molar-refractivity contribution in [3.63, 3.8) is 0 Å². The molecule has 0 aliphatic rings. The van der Waals surface area contributed by atoms with Crippen molar-refractivity contribution in [1.29, 1.82) is 0 Å². The predicted molar refractivity (Wildman–Crippen MR) is 73.7 cm³/mol. The molecule has 0 radical (unpaired) electrons. The number of ether oxygens (including phenoxy) is 1. The highest BCUT2D eigenvalue weighted by Crippen LogP contribution is 2.20. The van der Waals surface area contributed by atoms with Crippen LogP contribution in [0.3, 0.4) is 0 Å². The van der Waals surface area contributed by atoms with Crippen LogP contribution in [0, 0.1) is 0 Å². The van der Waals surface area contributed by atoms with Crippen LogP contribution in [0.15, 0.2) is 29.2 Å². The molecule has 0 unspecified atom stereocenters. The Labute approximate surface area is 114 Å². The van der Waals surface area contributed by atoms with Crippen molar-refractivity contribution in [2.75, 3.05) is 20.3 Å². The van der Waals surface area contributed by atoms with Crippen molar-refractivity contribution in [1.82, 2.24) is 4.31 Å². The van der Waals surface area contributed by atoms with Crippen LogP contribution < -0.4 is 4.74 Å². The molecule has 1 aromatic carbocycles. The predicted octanol–water partition coefficient (Wildman–Crippen LogP) is 1.48. The summed E-state index contributed by atoms with van der Waals surface area (Å²) >= 11 is 0. The summed E-state index contributed by atoms with van der Waals surface area (Å²) < 4.78 is 31.1. The van der Waals surface area contributed by atoms with Gasteiger partial charge in [-0.25, -0.2) is 8.42 Å². The quantitative estimate of drug-likeness (QED) is 0.771. The Morgan fingerprint density at radius 2 is 1.84 bits per heavy atom. The average Bonchev–Trinajstić information content (AvgIpc) is 2.38. The smallest absolute Gasteiger partial charge is 0.243 e. The van der Waals surface area contributed by atoms with Crippen LogP contribution in [0.4, 0.5) is 0 Å². The monoisotopic (exact) mass is 287 g/mol. The highest BCUT2D eigenvalue weighted by molar-refractivity contribution is 7.89. The van der Waals surface area contributed by atoms with Gasteiger partial charge in [0.1, 0.15) is 5.75 Å². The molecule has 0 amide bonds. The van der Waals surface area contributed by atoms with Crippen LogP contribution in [0.25, 0.3) is 0 Å². The van der Waals surface area contributed by atoms with Gasteiger partial charge in [0.15, 0.2) is 0 Å². The topological polar surface area (TPSA) is 66.8 Å². The number of rotatable bonds is 7. The fourth-order valence-electron chi connectivity index (χ4n) is 1.41. The molecule has 1 rings (SSSR count). The number of aliphatic hydroxyl groups excluding tert-OH is 1. The van der Waals surface area contributed by atoms with Crippen LogP contribution in [-0.2, 0) is 10.0 Å². The molecule has 5 nitrogen and oxygen atoms in total. The van der Waals surface area contributed by atoms with E-state index < -0.39 is 10.0 Å². The maximum Gasteiger partial charge on any atom is 0.243 e. The van der Waals surface area contributed by atoms with Gasteiger partial charge in [0.05, 0.1) is 11.5 Å². The van der Waals surface area contributed by atoms with Gasteiger partial charge < -0.3 is 9.84 Å². The molecule has 1 aromatic rings. The molecule has 0 aliphatic carbocycles. The van der Waals surface area contributed by atoms with Crippen LogP contribution in [0.2, 0.25) is 0 Å². The van der Waals surface area contributed by atoms with E-state index in [1.54, 1.807) is 19.2 Å². The Hall–Kier alpha value is -1.11. The molecule has 1 N–H and O–H groups in total. The molecular formula is C13H21NO4S. The second kappa shape index (κ2) is 6.88. The molecule has 0 bridgehead atoms. The minimum atomic E-state index is -3.44. The summed E-state index contributed by atoms with van der Waals surface area (Å²) in [6, 6.07) is 6.22. The van der Waals surface area contributed by atoms with Crippen molar-refractivity contribution in [2.24, 2.45) is 0 Å². The Morgan fingerprint density at radius 1 is 1.26 bits per heavy atom. The third kappa shape index (κ3) is 4.19. The van der Waals surface area contributed by atoms with E-state index in [1.165, 1.54) is 16.4 Å². The molecule has 0 aliphatic heterocycles. The Balaban J connectivity index is 2.81. The SMILES string of the molecule is CC(C)N(C)S(=O)(=O)c1ccc(OCCCO)cc1. The fourth-order valence-corrected chi connectivity index (χ4v) is 2.77. The van der Waals surface area contributed by atoms with Gasteiger partial charge in [-0.15, -0.1) is 0 Å².